The lowest BCUT2D eigenvalue weighted by molar-refractivity contribution is 0.536. The van der Waals surface area contributed by atoms with E-state index in [0.29, 0.717) is 6.04 Å². The summed E-state index contributed by atoms with van der Waals surface area (Å²) >= 11 is 12.2. The second-order valence-corrected chi connectivity index (χ2v) is 5.72. The third-order valence-corrected chi connectivity index (χ3v) is 4.00. The molecule has 1 atom stereocenters. The van der Waals surface area contributed by atoms with Crippen LogP contribution in [0, 0.1) is 0 Å². The predicted octanol–water partition coefficient (Wildman–Crippen LogP) is 4.90. The zero-order valence-electron chi connectivity index (χ0n) is 11.9. The number of benzene rings is 1. The molecule has 0 spiro atoms. The van der Waals surface area contributed by atoms with Gasteiger partial charge in [0.1, 0.15) is 0 Å². The highest BCUT2D eigenvalue weighted by Gasteiger charge is 2.10. The van der Waals surface area contributed by atoms with E-state index in [1.54, 1.807) is 0 Å². The van der Waals surface area contributed by atoms with Gasteiger partial charge in [-0.1, -0.05) is 37.0 Å². The fourth-order valence-electron chi connectivity index (χ4n) is 2.37. The third-order valence-electron chi connectivity index (χ3n) is 3.40. The molecule has 20 heavy (non-hydrogen) atoms. The van der Waals surface area contributed by atoms with Crippen LogP contribution >= 0.6 is 23.2 Å². The standard InChI is InChI=1S/C16H20Cl2N2/c1-3-16(19-4-2)12-7-8-20(10-12)11-13-9-14(17)5-6-15(13)18/h5-10,16,19H,3-4,11H2,1-2H3. The van der Waals surface area contributed by atoms with Crippen LogP contribution in [0.15, 0.2) is 36.7 Å². The highest BCUT2D eigenvalue weighted by molar-refractivity contribution is 6.33. The van der Waals surface area contributed by atoms with Crippen LogP contribution in [-0.2, 0) is 6.54 Å². The second-order valence-electron chi connectivity index (χ2n) is 4.87. The Kier molecular flexibility index (Phi) is 5.53. The van der Waals surface area contributed by atoms with Crippen LogP contribution in [0.3, 0.4) is 0 Å². The van der Waals surface area contributed by atoms with Crippen LogP contribution in [0.4, 0.5) is 0 Å². The van der Waals surface area contributed by atoms with Gasteiger partial charge in [0.15, 0.2) is 0 Å². The van der Waals surface area contributed by atoms with E-state index >= 15 is 0 Å². The van der Waals surface area contributed by atoms with Gasteiger partial charge in [-0.2, -0.15) is 0 Å². The van der Waals surface area contributed by atoms with Crippen LogP contribution in [0.5, 0.6) is 0 Å². The van der Waals surface area contributed by atoms with Crippen LogP contribution in [-0.4, -0.2) is 11.1 Å². The van der Waals surface area contributed by atoms with Crippen molar-refractivity contribution in [1.29, 1.82) is 0 Å². The van der Waals surface area contributed by atoms with Gasteiger partial charge in [-0.3, -0.25) is 0 Å². The van der Waals surface area contributed by atoms with Gasteiger partial charge in [0, 0.05) is 35.0 Å². The summed E-state index contributed by atoms with van der Waals surface area (Å²) in [6.45, 7) is 6.04. The van der Waals surface area contributed by atoms with Crippen LogP contribution in [0.2, 0.25) is 10.0 Å². The van der Waals surface area contributed by atoms with Gasteiger partial charge in [-0.05, 0) is 48.4 Å². The first-order valence-corrected chi connectivity index (χ1v) is 7.72. The minimum Gasteiger partial charge on any atom is -0.350 e. The molecule has 0 aliphatic heterocycles. The molecule has 4 heteroatoms. The van der Waals surface area contributed by atoms with Crippen LogP contribution < -0.4 is 5.32 Å². The fraction of sp³-hybridized carbons (Fsp3) is 0.375. The average Bonchev–Trinajstić information content (AvgIpc) is 2.88. The molecule has 1 aromatic carbocycles. The van der Waals surface area contributed by atoms with Crippen molar-refractivity contribution in [3.63, 3.8) is 0 Å². The van der Waals surface area contributed by atoms with E-state index in [2.05, 4.69) is 42.2 Å². The Balaban J connectivity index is 2.14. The molecular formula is C16H20Cl2N2. The van der Waals surface area contributed by atoms with E-state index in [1.165, 1.54) is 5.56 Å². The summed E-state index contributed by atoms with van der Waals surface area (Å²) < 4.78 is 2.15. The molecule has 1 N–H and O–H groups in total. The minimum absolute atomic E-state index is 0.413. The monoisotopic (exact) mass is 310 g/mol. The van der Waals surface area contributed by atoms with Gasteiger partial charge in [0.25, 0.3) is 0 Å². The maximum Gasteiger partial charge on any atom is 0.0485 e. The van der Waals surface area contributed by atoms with Crippen LogP contribution in [0.1, 0.15) is 37.4 Å². The van der Waals surface area contributed by atoms with Gasteiger partial charge in [0.05, 0.1) is 0 Å². The molecule has 0 amide bonds. The molecule has 0 aliphatic rings. The molecule has 0 saturated carbocycles. The first kappa shape index (κ1) is 15.4. The zero-order valence-corrected chi connectivity index (χ0v) is 13.4. The smallest absolute Gasteiger partial charge is 0.0485 e. The normalized spacial score (nSPS) is 12.6. The largest absolute Gasteiger partial charge is 0.350 e. The number of rotatable bonds is 6. The number of aromatic nitrogens is 1. The Morgan fingerprint density at radius 1 is 1.20 bits per heavy atom. The number of nitrogens with one attached hydrogen (secondary N) is 1. The van der Waals surface area contributed by atoms with E-state index < -0.39 is 0 Å². The van der Waals surface area contributed by atoms with Gasteiger partial charge >= 0.3 is 0 Å². The van der Waals surface area contributed by atoms with Gasteiger partial charge in [-0.25, -0.2) is 0 Å². The molecule has 1 unspecified atom stereocenters. The summed E-state index contributed by atoms with van der Waals surface area (Å²) in [7, 11) is 0. The molecule has 108 valence electrons. The second kappa shape index (κ2) is 7.16. The molecule has 1 aromatic heterocycles. The highest BCUT2D eigenvalue weighted by atomic mass is 35.5. The lowest BCUT2D eigenvalue weighted by atomic mass is 10.1. The molecule has 0 radical (unpaired) electrons. The van der Waals surface area contributed by atoms with Crippen molar-refractivity contribution >= 4 is 23.2 Å². The van der Waals surface area contributed by atoms with Crippen molar-refractivity contribution in [3.8, 4) is 0 Å². The number of hydrogen-bond acceptors (Lipinski definition) is 1. The summed E-state index contributed by atoms with van der Waals surface area (Å²) in [6.07, 6.45) is 5.34. The predicted molar refractivity (Wildman–Crippen MR) is 86.7 cm³/mol. The Morgan fingerprint density at radius 3 is 2.70 bits per heavy atom. The molecule has 2 rings (SSSR count). The molecular weight excluding hydrogens is 291 g/mol. The quantitative estimate of drug-likeness (QED) is 0.802. The van der Waals surface area contributed by atoms with Gasteiger partial charge in [-0.15, -0.1) is 0 Å². The van der Waals surface area contributed by atoms with Crippen molar-refractivity contribution in [1.82, 2.24) is 9.88 Å². The van der Waals surface area contributed by atoms with E-state index in [4.69, 9.17) is 23.2 Å². The Bertz CT molecular complexity index is 563. The van der Waals surface area contributed by atoms with E-state index in [0.717, 1.165) is 35.1 Å². The van der Waals surface area contributed by atoms with Crippen molar-refractivity contribution in [3.05, 3.63) is 57.8 Å². The molecule has 0 aliphatic carbocycles. The van der Waals surface area contributed by atoms with Crippen molar-refractivity contribution < 1.29 is 0 Å². The van der Waals surface area contributed by atoms with Crippen molar-refractivity contribution in [2.75, 3.05) is 6.54 Å². The maximum atomic E-state index is 6.21. The van der Waals surface area contributed by atoms with Crippen LogP contribution in [0.25, 0.3) is 0 Å². The van der Waals surface area contributed by atoms with Gasteiger partial charge in [0.2, 0.25) is 0 Å². The summed E-state index contributed by atoms with van der Waals surface area (Å²) in [6, 6.07) is 8.15. The summed E-state index contributed by atoms with van der Waals surface area (Å²) in [5, 5.41) is 4.96. The molecule has 0 saturated heterocycles. The summed E-state index contributed by atoms with van der Waals surface area (Å²) in [4.78, 5) is 0. The summed E-state index contributed by atoms with van der Waals surface area (Å²) in [5.74, 6) is 0. The SMILES string of the molecule is CCNC(CC)c1ccn(Cc2cc(Cl)ccc2Cl)c1. The number of halogens is 2. The Labute approximate surface area is 130 Å². The molecule has 0 bridgehead atoms. The molecule has 0 fully saturated rings. The first-order chi connectivity index (χ1) is 9.63. The average molecular weight is 311 g/mol. The number of hydrogen-bond donors (Lipinski definition) is 1. The Morgan fingerprint density at radius 2 is 2.00 bits per heavy atom. The number of nitrogens with zero attached hydrogens (tertiary/aromatic N) is 1. The third kappa shape index (κ3) is 3.78. The first-order valence-electron chi connectivity index (χ1n) is 6.97. The summed E-state index contributed by atoms with van der Waals surface area (Å²) in [5.41, 5.74) is 2.35. The van der Waals surface area contributed by atoms with Crippen molar-refractivity contribution in [2.45, 2.75) is 32.9 Å². The molecule has 1 heterocycles. The van der Waals surface area contributed by atoms with E-state index in [9.17, 15) is 0 Å². The Hall–Kier alpha value is -0.960. The van der Waals surface area contributed by atoms with E-state index in [-0.39, 0.29) is 0 Å². The molecule has 2 nitrogen and oxygen atoms in total. The van der Waals surface area contributed by atoms with Crippen molar-refractivity contribution in [2.24, 2.45) is 0 Å². The van der Waals surface area contributed by atoms with E-state index in [1.807, 2.05) is 18.2 Å². The van der Waals surface area contributed by atoms with Gasteiger partial charge < -0.3 is 9.88 Å². The fourth-order valence-corrected chi connectivity index (χ4v) is 2.74. The lowest BCUT2D eigenvalue weighted by Crippen LogP contribution is -2.19. The maximum absolute atomic E-state index is 6.21. The minimum atomic E-state index is 0.413. The highest BCUT2D eigenvalue weighted by Crippen LogP contribution is 2.23. The molecule has 2 aromatic rings. The topological polar surface area (TPSA) is 17.0 Å². The zero-order chi connectivity index (χ0) is 14.5. The lowest BCUT2D eigenvalue weighted by Gasteiger charge is -2.14.